The molecule has 7 rings (SSSR count). The van der Waals surface area contributed by atoms with E-state index in [9.17, 15) is 0 Å². The van der Waals surface area contributed by atoms with E-state index in [1.54, 1.807) is 0 Å². The lowest BCUT2D eigenvalue weighted by molar-refractivity contribution is -0.0635. The molecule has 3 aliphatic heterocycles. The molecule has 6 fully saturated rings. The Kier molecular flexibility index (Phi) is 8.88. The topological polar surface area (TPSA) is 114 Å². The van der Waals surface area contributed by atoms with Gasteiger partial charge in [0.05, 0.1) is 11.4 Å². The van der Waals surface area contributed by atoms with Gasteiger partial charge in [-0.15, -0.1) is 10.2 Å². The van der Waals surface area contributed by atoms with Crippen molar-refractivity contribution >= 4 is 0 Å². The molecule has 6 atom stereocenters. The SMILES string of the molecule is CC(C)(C)C1CC2(CCC1(c1nnnc(C3(C(C)(C)C)CCC4(CC3C(C)(C)C)OO4)c1C1(C(C)(C)C)CCC3(CC1C(C)(C)C)OO3)C(C)(C)C)OO2. The molecule has 0 aromatic carbocycles. The third kappa shape index (κ3) is 6.00. The highest BCUT2D eigenvalue weighted by atomic mass is 17.4. The van der Waals surface area contributed by atoms with Gasteiger partial charge >= 0.3 is 0 Å². The van der Waals surface area contributed by atoms with E-state index >= 15 is 0 Å². The number of rotatable bonds is 3. The summed E-state index contributed by atoms with van der Waals surface area (Å²) in [5.74, 6) is -0.999. The highest BCUT2D eigenvalue weighted by Crippen LogP contribution is 2.72. The van der Waals surface area contributed by atoms with E-state index in [-0.39, 0.29) is 66.5 Å². The molecule has 3 aliphatic carbocycles. The van der Waals surface area contributed by atoms with Crippen LogP contribution in [0.2, 0.25) is 0 Å². The van der Waals surface area contributed by atoms with Gasteiger partial charge in [-0.3, -0.25) is 0 Å². The average Bonchev–Trinajstić information content (AvgIpc) is 3.95. The van der Waals surface area contributed by atoms with Gasteiger partial charge in [0, 0.05) is 60.3 Å². The van der Waals surface area contributed by atoms with E-state index in [4.69, 9.17) is 44.7 Å². The van der Waals surface area contributed by atoms with Gasteiger partial charge in [-0.25, -0.2) is 0 Å². The van der Waals surface area contributed by atoms with Gasteiger partial charge in [-0.05, 0) is 74.7 Å². The van der Waals surface area contributed by atoms with Gasteiger partial charge in [0.25, 0.3) is 0 Å². The summed E-state index contributed by atoms with van der Waals surface area (Å²) in [4.78, 5) is 35.4. The van der Waals surface area contributed by atoms with Crippen LogP contribution in [-0.2, 0) is 45.6 Å². The molecule has 4 heterocycles. The zero-order valence-corrected chi connectivity index (χ0v) is 37.4. The van der Waals surface area contributed by atoms with Crippen LogP contribution in [0.4, 0.5) is 0 Å². The first kappa shape index (κ1) is 40.9. The van der Waals surface area contributed by atoms with Gasteiger partial charge in [0.1, 0.15) is 0 Å². The Morgan fingerprint density at radius 1 is 0.389 bits per heavy atom. The van der Waals surface area contributed by atoms with Crippen LogP contribution in [0.1, 0.15) is 199 Å². The van der Waals surface area contributed by atoms with Crippen LogP contribution >= 0.6 is 0 Å². The molecule has 9 nitrogen and oxygen atoms in total. The first-order valence-electron chi connectivity index (χ1n) is 21.2. The summed E-state index contributed by atoms with van der Waals surface area (Å²) in [5, 5.41) is 16.0. The zero-order chi connectivity index (χ0) is 40.2. The number of hydrogen-bond acceptors (Lipinski definition) is 9. The predicted octanol–water partition coefficient (Wildman–Crippen LogP) is 11.2. The minimum atomic E-state index is -0.526. The molecule has 3 saturated heterocycles. The minimum Gasteiger partial charge on any atom is -0.195 e. The normalized spacial score (nSPS) is 36.4. The van der Waals surface area contributed by atoms with Crippen LogP contribution in [0.25, 0.3) is 0 Å². The van der Waals surface area contributed by atoms with E-state index in [0.29, 0.717) is 0 Å². The standard InChI is InChI=1S/C45H75N3O6/c1-34(2,3)28-25-40(49-50-40)19-22-43(28,37(10,11)12)31-32(44(38(13,14)15)23-20-41(51-52-41)26-29(44)35(4,5)6)46-48-47-33(31)45(39(16,17)18)24-21-42(53-54-42)27-30(45)36(7,8)9/h28-30H,19-27H2,1-18H3. The fourth-order valence-electron chi connectivity index (χ4n) is 13.2. The molecule has 0 radical (unpaired) electrons. The molecule has 306 valence electrons. The third-order valence-corrected chi connectivity index (χ3v) is 16.2. The molecule has 6 aliphatic rings. The lowest BCUT2D eigenvalue weighted by Crippen LogP contribution is -2.63. The van der Waals surface area contributed by atoms with Crippen molar-refractivity contribution in [3.8, 4) is 0 Å². The van der Waals surface area contributed by atoms with E-state index in [1.807, 2.05) is 0 Å². The molecule has 0 amide bonds. The Balaban J connectivity index is 1.66. The monoisotopic (exact) mass is 754 g/mol. The van der Waals surface area contributed by atoms with Crippen LogP contribution < -0.4 is 0 Å². The number of hydrogen-bond donors (Lipinski definition) is 0. The van der Waals surface area contributed by atoms with Gasteiger partial charge in [0.2, 0.25) is 17.4 Å². The average molecular weight is 754 g/mol. The van der Waals surface area contributed by atoms with Crippen LogP contribution in [0.5, 0.6) is 0 Å². The van der Waals surface area contributed by atoms with Gasteiger partial charge in [-0.2, -0.15) is 29.3 Å². The van der Waals surface area contributed by atoms with Crippen LogP contribution in [0.15, 0.2) is 0 Å². The fraction of sp³-hybridized carbons (Fsp3) is 0.933. The molecule has 3 spiro atoms. The van der Waals surface area contributed by atoms with E-state index in [1.165, 1.54) is 5.56 Å². The second-order valence-electron chi connectivity index (χ2n) is 25.1. The highest BCUT2D eigenvalue weighted by molar-refractivity contribution is 5.48. The summed E-state index contributed by atoms with van der Waals surface area (Å²) in [6, 6.07) is 0. The lowest BCUT2D eigenvalue weighted by Gasteiger charge is -2.64. The molecule has 9 heteroatoms. The van der Waals surface area contributed by atoms with Crippen molar-refractivity contribution in [1.82, 2.24) is 15.4 Å². The lowest BCUT2D eigenvalue weighted by atomic mass is 9.40. The van der Waals surface area contributed by atoms with Gasteiger partial charge < -0.3 is 0 Å². The van der Waals surface area contributed by atoms with Crippen LogP contribution in [0.3, 0.4) is 0 Å². The summed E-state index contributed by atoms with van der Waals surface area (Å²) in [6.07, 6.45) is 7.58. The quantitative estimate of drug-likeness (QED) is 0.220. The summed E-state index contributed by atoms with van der Waals surface area (Å²) in [5.41, 5.74) is 1.72. The third-order valence-electron chi connectivity index (χ3n) is 16.2. The summed E-state index contributed by atoms with van der Waals surface area (Å²) in [7, 11) is 0. The zero-order valence-electron chi connectivity index (χ0n) is 37.4. The summed E-state index contributed by atoms with van der Waals surface area (Å²) < 4.78 is 0. The van der Waals surface area contributed by atoms with E-state index in [0.717, 1.165) is 69.2 Å². The minimum absolute atomic E-state index is 0.0867. The smallest absolute Gasteiger partial charge is 0.195 e. The van der Waals surface area contributed by atoms with Gasteiger partial charge in [-0.1, -0.05) is 125 Å². The maximum absolute atomic E-state index is 5.93. The Hall–Kier alpha value is -1.23. The summed E-state index contributed by atoms with van der Waals surface area (Å²) >= 11 is 0. The van der Waals surface area contributed by atoms with Gasteiger partial charge in [0.15, 0.2) is 0 Å². The fourth-order valence-corrected chi connectivity index (χ4v) is 13.2. The van der Waals surface area contributed by atoms with Crippen molar-refractivity contribution in [1.29, 1.82) is 0 Å². The Labute approximate surface area is 327 Å². The predicted molar refractivity (Wildman–Crippen MR) is 208 cm³/mol. The van der Waals surface area contributed by atoms with Crippen molar-refractivity contribution < 1.29 is 29.3 Å². The molecule has 6 unspecified atom stereocenters. The van der Waals surface area contributed by atoms with Crippen molar-refractivity contribution in [2.45, 2.75) is 216 Å². The van der Waals surface area contributed by atoms with Crippen molar-refractivity contribution in [3.63, 3.8) is 0 Å². The first-order chi connectivity index (χ1) is 24.4. The second kappa shape index (κ2) is 11.7. The molecular formula is C45H75N3O6. The second-order valence-corrected chi connectivity index (χ2v) is 25.1. The molecule has 0 bridgehead atoms. The maximum Gasteiger partial charge on any atom is 0.234 e. The maximum atomic E-state index is 5.93. The molecule has 0 N–H and O–H groups in total. The molecule has 1 aromatic heterocycles. The Bertz CT molecular complexity index is 1540. The molecule has 1 aromatic rings. The highest BCUT2D eigenvalue weighted by Gasteiger charge is 2.72. The van der Waals surface area contributed by atoms with E-state index < -0.39 is 17.4 Å². The molecular weight excluding hydrogens is 679 g/mol. The molecule has 3 saturated carbocycles. The first-order valence-corrected chi connectivity index (χ1v) is 21.2. The van der Waals surface area contributed by atoms with Crippen molar-refractivity contribution in [2.75, 3.05) is 0 Å². The Morgan fingerprint density at radius 3 is 0.889 bits per heavy atom. The van der Waals surface area contributed by atoms with Crippen molar-refractivity contribution in [3.05, 3.63) is 17.0 Å². The number of aromatic nitrogens is 3. The van der Waals surface area contributed by atoms with E-state index in [2.05, 4.69) is 125 Å². The number of nitrogens with zero attached hydrogens (tertiary/aromatic N) is 3. The largest absolute Gasteiger partial charge is 0.234 e. The van der Waals surface area contributed by atoms with Crippen molar-refractivity contribution in [2.24, 2.45) is 50.2 Å². The van der Waals surface area contributed by atoms with Crippen LogP contribution in [0, 0.1) is 50.2 Å². The summed E-state index contributed by atoms with van der Waals surface area (Å²) in [6.45, 7) is 43.8. The molecule has 54 heavy (non-hydrogen) atoms. The van der Waals surface area contributed by atoms with Crippen LogP contribution in [-0.4, -0.2) is 32.8 Å². The Morgan fingerprint density at radius 2 is 0.648 bits per heavy atom.